The lowest BCUT2D eigenvalue weighted by Crippen LogP contribution is -2.15. The Morgan fingerprint density at radius 3 is 2.57 bits per heavy atom. The number of phenols is 2. The first-order valence-electron chi connectivity index (χ1n) is 4.52. The van der Waals surface area contributed by atoms with Gasteiger partial charge in [-0.1, -0.05) is 6.07 Å². The van der Waals surface area contributed by atoms with Gasteiger partial charge in [-0.3, -0.25) is 0 Å². The number of hydrogen-bond acceptors (Lipinski definition) is 4. The highest BCUT2D eigenvalue weighted by Gasteiger charge is 2.11. The summed E-state index contributed by atoms with van der Waals surface area (Å²) in [5.74, 6) is -0.290. The molecule has 1 aromatic rings. The van der Waals surface area contributed by atoms with Crippen LogP contribution in [0.4, 0.5) is 0 Å². The van der Waals surface area contributed by atoms with Crippen molar-refractivity contribution < 1.29 is 14.9 Å². The molecular formula is C10H15NO3. The Bertz CT molecular complexity index is 301. The first-order chi connectivity index (χ1) is 6.69. The van der Waals surface area contributed by atoms with Crippen molar-refractivity contribution >= 4 is 0 Å². The van der Waals surface area contributed by atoms with Crippen LogP contribution in [0.3, 0.4) is 0 Å². The van der Waals surface area contributed by atoms with E-state index < -0.39 is 0 Å². The molecule has 78 valence electrons. The van der Waals surface area contributed by atoms with Crippen LogP contribution in [0.15, 0.2) is 18.2 Å². The zero-order chi connectivity index (χ0) is 10.6. The minimum Gasteiger partial charge on any atom is -0.504 e. The highest BCUT2D eigenvalue weighted by atomic mass is 16.5. The van der Waals surface area contributed by atoms with Crippen LogP contribution in [0.25, 0.3) is 0 Å². The summed E-state index contributed by atoms with van der Waals surface area (Å²) < 4.78 is 5.35. The molecule has 0 saturated heterocycles. The number of aromatic hydroxyl groups is 2. The number of ether oxygens (including phenoxy) is 1. The highest BCUT2D eigenvalue weighted by Crippen LogP contribution is 2.28. The lowest BCUT2D eigenvalue weighted by molar-refractivity contribution is 0.0686. The van der Waals surface area contributed by atoms with Crippen LogP contribution in [-0.4, -0.2) is 23.4 Å². The molecule has 4 heteroatoms. The fourth-order valence-corrected chi connectivity index (χ4v) is 1.24. The predicted molar refractivity (Wildman–Crippen MR) is 53.2 cm³/mol. The summed E-state index contributed by atoms with van der Waals surface area (Å²) in [5, 5.41) is 18.4. The highest BCUT2D eigenvalue weighted by molar-refractivity contribution is 5.41. The van der Waals surface area contributed by atoms with Crippen LogP contribution < -0.4 is 5.73 Å². The molecule has 0 heterocycles. The van der Waals surface area contributed by atoms with Crippen LogP contribution in [-0.2, 0) is 4.74 Å². The summed E-state index contributed by atoms with van der Waals surface area (Å²) in [7, 11) is 0. The second-order valence-electron chi connectivity index (χ2n) is 2.93. The summed E-state index contributed by atoms with van der Waals surface area (Å²) in [6, 6.07) is 4.57. The van der Waals surface area contributed by atoms with Gasteiger partial charge in [-0.2, -0.15) is 0 Å². The lowest BCUT2D eigenvalue weighted by Gasteiger charge is -2.15. The van der Waals surface area contributed by atoms with Crippen LogP contribution >= 0.6 is 0 Å². The van der Waals surface area contributed by atoms with Gasteiger partial charge in [-0.15, -0.1) is 0 Å². The summed E-state index contributed by atoms with van der Waals surface area (Å²) in [6.07, 6.45) is -0.230. The third-order valence-corrected chi connectivity index (χ3v) is 1.95. The van der Waals surface area contributed by atoms with E-state index in [0.29, 0.717) is 13.2 Å². The molecule has 4 N–H and O–H groups in total. The number of phenolic OH excluding ortho intramolecular Hbond substituents is 2. The molecule has 0 aliphatic heterocycles. The fraction of sp³-hybridized carbons (Fsp3) is 0.400. The van der Waals surface area contributed by atoms with Crippen molar-refractivity contribution in [3.05, 3.63) is 23.8 Å². The number of benzene rings is 1. The normalized spacial score (nSPS) is 12.7. The molecule has 0 spiro atoms. The maximum atomic E-state index is 9.27. The maximum Gasteiger partial charge on any atom is 0.157 e. The van der Waals surface area contributed by atoms with E-state index in [1.165, 1.54) is 12.1 Å². The molecule has 0 bridgehead atoms. The van der Waals surface area contributed by atoms with Crippen LogP contribution in [0.1, 0.15) is 18.6 Å². The predicted octanol–water partition coefficient (Wildman–Crippen LogP) is 1.13. The van der Waals surface area contributed by atoms with Gasteiger partial charge >= 0.3 is 0 Å². The SMILES string of the molecule is CCOC(CN)c1ccc(O)c(O)c1. The standard InChI is InChI=1S/C10H15NO3/c1-2-14-10(6-11)7-3-4-8(12)9(13)5-7/h3-5,10,12-13H,2,6,11H2,1H3. The quantitative estimate of drug-likeness (QED) is 0.632. The maximum absolute atomic E-state index is 9.27. The van der Waals surface area contributed by atoms with E-state index in [9.17, 15) is 5.11 Å². The third kappa shape index (κ3) is 2.37. The second-order valence-corrected chi connectivity index (χ2v) is 2.93. The molecule has 0 aromatic heterocycles. The van der Waals surface area contributed by atoms with Crippen molar-refractivity contribution in [1.82, 2.24) is 0 Å². The van der Waals surface area contributed by atoms with Gasteiger partial charge in [-0.25, -0.2) is 0 Å². The van der Waals surface area contributed by atoms with Crippen LogP contribution in [0, 0.1) is 0 Å². The van der Waals surface area contributed by atoms with Crippen molar-refractivity contribution in [3.63, 3.8) is 0 Å². The zero-order valence-corrected chi connectivity index (χ0v) is 8.10. The van der Waals surface area contributed by atoms with Gasteiger partial charge in [0, 0.05) is 13.2 Å². The average Bonchev–Trinajstić information content (AvgIpc) is 2.19. The molecule has 0 saturated carbocycles. The van der Waals surface area contributed by atoms with E-state index in [4.69, 9.17) is 15.6 Å². The summed E-state index contributed by atoms with van der Waals surface area (Å²) in [4.78, 5) is 0. The van der Waals surface area contributed by atoms with Gasteiger partial charge in [0.2, 0.25) is 0 Å². The van der Waals surface area contributed by atoms with E-state index in [-0.39, 0.29) is 17.6 Å². The molecule has 14 heavy (non-hydrogen) atoms. The van der Waals surface area contributed by atoms with Crippen molar-refractivity contribution in [2.24, 2.45) is 5.73 Å². The van der Waals surface area contributed by atoms with E-state index in [1.807, 2.05) is 6.92 Å². The Morgan fingerprint density at radius 1 is 1.36 bits per heavy atom. The molecule has 1 rings (SSSR count). The Balaban J connectivity index is 2.88. The Morgan fingerprint density at radius 2 is 2.07 bits per heavy atom. The van der Waals surface area contributed by atoms with E-state index in [1.54, 1.807) is 6.07 Å². The van der Waals surface area contributed by atoms with Gasteiger partial charge in [0.25, 0.3) is 0 Å². The molecule has 0 aliphatic rings. The minimum absolute atomic E-state index is 0.138. The van der Waals surface area contributed by atoms with E-state index in [2.05, 4.69) is 0 Å². The molecule has 1 atom stereocenters. The molecular weight excluding hydrogens is 182 g/mol. The first kappa shape index (κ1) is 10.8. The lowest BCUT2D eigenvalue weighted by atomic mass is 10.1. The molecule has 0 radical (unpaired) electrons. The Labute approximate surface area is 82.9 Å². The summed E-state index contributed by atoms with van der Waals surface area (Å²) in [5.41, 5.74) is 6.28. The molecule has 4 nitrogen and oxygen atoms in total. The van der Waals surface area contributed by atoms with E-state index in [0.717, 1.165) is 5.56 Å². The van der Waals surface area contributed by atoms with Crippen molar-refractivity contribution in [2.45, 2.75) is 13.0 Å². The Hall–Kier alpha value is -1.26. The van der Waals surface area contributed by atoms with E-state index >= 15 is 0 Å². The first-order valence-corrected chi connectivity index (χ1v) is 4.52. The summed E-state index contributed by atoms with van der Waals surface area (Å²) in [6.45, 7) is 2.78. The largest absolute Gasteiger partial charge is 0.504 e. The second kappa shape index (κ2) is 4.83. The molecule has 0 fully saturated rings. The van der Waals surface area contributed by atoms with Gasteiger partial charge < -0.3 is 20.7 Å². The fourth-order valence-electron chi connectivity index (χ4n) is 1.24. The smallest absolute Gasteiger partial charge is 0.157 e. The van der Waals surface area contributed by atoms with Crippen LogP contribution in [0.2, 0.25) is 0 Å². The Kier molecular flexibility index (Phi) is 3.73. The number of hydrogen-bond donors (Lipinski definition) is 3. The van der Waals surface area contributed by atoms with Crippen molar-refractivity contribution in [3.8, 4) is 11.5 Å². The van der Waals surface area contributed by atoms with Gasteiger partial charge in [0.15, 0.2) is 11.5 Å². The topological polar surface area (TPSA) is 75.7 Å². The van der Waals surface area contributed by atoms with Crippen LogP contribution in [0.5, 0.6) is 11.5 Å². The number of rotatable bonds is 4. The minimum atomic E-state index is -0.230. The molecule has 1 aromatic carbocycles. The summed E-state index contributed by atoms with van der Waals surface area (Å²) >= 11 is 0. The monoisotopic (exact) mass is 197 g/mol. The van der Waals surface area contributed by atoms with Crippen molar-refractivity contribution in [2.75, 3.05) is 13.2 Å². The molecule has 0 amide bonds. The third-order valence-electron chi connectivity index (χ3n) is 1.95. The van der Waals surface area contributed by atoms with Gasteiger partial charge in [0.05, 0.1) is 6.10 Å². The molecule has 0 aliphatic carbocycles. The van der Waals surface area contributed by atoms with Gasteiger partial charge in [0.1, 0.15) is 0 Å². The van der Waals surface area contributed by atoms with Crippen molar-refractivity contribution in [1.29, 1.82) is 0 Å². The zero-order valence-electron chi connectivity index (χ0n) is 8.10. The molecule has 1 unspecified atom stereocenters. The number of nitrogens with two attached hydrogens (primary N) is 1. The van der Waals surface area contributed by atoms with Gasteiger partial charge in [-0.05, 0) is 24.6 Å². The average molecular weight is 197 g/mol.